The summed E-state index contributed by atoms with van der Waals surface area (Å²) in [5, 5.41) is 13.8. The lowest BCUT2D eigenvalue weighted by Crippen LogP contribution is -2.14. The van der Waals surface area contributed by atoms with Gasteiger partial charge in [0.15, 0.2) is 0 Å². The van der Waals surface area contributed by atoms with Crippen molar-refractivity contribution in [2.75, 3.05) is 10.7 Å². The highest BCUT2D eigenvalue weighted by Gasteiger charge is 2.19. The molecular formula is C13H14FN5O2. The smallest absolute Gasteiger partial charge is 0.311 e. The number of nitrogens with zero attached hydrogens (tertiary/aromatic N) is 2. The number of aromatic nitrogens is 1. The van der Waals surface area contributed by atoms with Crippen molar-refractivity contribution in [3.05, 3.63) is 57.9 Å². The standard InChI is InChI=1S/C13H14FN5O2/c1-8(9-4-2-3-5-10(9)14)16-13-11(19(20)21)6-7-12(17-13)18-15/h2-8H,15H2,1H3,(H2,16,17,18). The molecule has 1 aromatic carbocycles. The van der Waals surface area contributed by atoms with Crippen LogP contribution in [0.3, 0.4) is 0 Å². The van der Waals surface area contributed by atoms with Gasteiger partial charge in [-0.2, -0.15) is 0 Å². The molecule has 0 fully saturated rings. The first-order valence-electron chi connectivity index (χ1n) is 6.16. The van der Waals surface area contributed by atoms with E-state index in [2.05, 4.69) is 15.7 Å². The number of nitrogen functional groups attached to an aromatic ring is 1. The van der Waals surface area contributed by atoms with Crippen LogP contribution in [0.1, 0.15) is 18.5 Å². The van der Waals surface area contributed by atoms with Crippen LogP contribution in [0, 0.1) is 15.9 Å². The predicted molar refractivity (Wildman–Crippen MR) is 77.1 cm³/mol. The number of halogens is 1. The van der Waals surface area contributed by atoms with Crippen molar-refractivity contribution in [1.29, 1.82) is 0 Å². The fourth-order valence-corrected chi connectivity index (χ4v) is 1.89. The minimum atomic E-state index is -0.566. The molecule has 0 bridgehead atoms. The van der Waals surface area contributed by atoms with Gasteiger partial charge in [-0.15, -0.1) is 0 Å². The first kappa shape index (κ1) is 14.7. The Bertz CT molecular complexity index is 665. The van der Waals surface area contributed by atoms with Gasteiger partial charge in [0, 0.05) is 11.6 Å². The summed E-state index contributed by atoms with van der Waals surface area (Å²) in [7, 11) is 0. The Kier molecular flexibility index (Phi) is 4.29. The molecule has 0 spiro atoms. The maximum Gasteiger partial charge on any atom is 0.311 e. The van der Waals surface area contributed by atoms with Gasteiger partial charge in [-0.05, 0) is 19.1 Å². The quantitative estimate of drug-likeness (QED) is 0.444. The van der Waals surface area contributed by atoms with Crippen molar-refractivity contribution in [3.8, 4) is 0 Å². The number of hydrazine groups is 1. The van der Waals surface area contributed by atoms with Crippen molar-refractivity contribution in [1.82, 2.24) is 4.98 Å². The van der Waals surface area contributed by atoms with Crippen LogP contribution >= 0.6 is 0 Å². The number of nitro groups is 1. The molecule has 0 aliphatic rings. The molecule has 0 aliphatic heterocycles. The molecule has 7 nitrogen and oxygen atoms in total. The molecule has 21 heavy (non-hydrogen) atoms. The van der Waals surface area contributed by atoms with Gasteiger partial charge in [0.1, 0.15) is 11.6 Å². The highest BCUT2D eigenvalue weighted by Crippen LogP contribution is 2.28. The van der Waals surface area contributed by atoms with Crippen LogP contribution in [0.2, 0.25) is 0 Å². The van der Waals surface area contributed by atoms with Crippen molar-refractivity contribution in [2.45, 2.75) is 13.0 Å². The molecule has 0 radical (unpaired) electrons. The number of benzene rings is 1. The summed E-state index contributed by atoms with van der Waals surface area (Å²) >= 11 is 0. The van der Waals surface area contributed by atoms with Crippen LogP contribution < -0.4 is 16.6 Å². The Morgan fingerprint density at radius 1 is 1.33 bits per heavy atom. The van der Waals surface area contributed by atoms with E-state index in [1.165, 1.54) is 18.2 Å². The first-order valence-corrected chi connectivity index (χ1v) is 6.16. The van der Waals surface area contributed by atoms with Gasteiger partial charge < -0.3 is 10.7 Å². The molecule has 1 unspecified atom stereocenters. The lowest BCUT2D eigenvalue weighted by Gasteiger charge is -2.16. The summed E-state index contributed by atoms with van der Waals surface area (Å²) in [5.74, 6) is 5.13. The van der Waals surface area contributed by atoms with Crippen LogP contribution in [0.4, 0.5) is 21.7 Å². The summed E-state index contributed by atoms with van der Waals surface area (Å²) in [5.41, 5.74) is 2.49. The second kappa shape index (κ2) is 6.14. The Labute approximate surface area is 120 Å². The topological polar surface area (TPSA) is 106 Å². The fourth-order valence-electron chi connectivity index (χ4n) is 1.89. The van der Waals surface area contributed by atoms with Crippen LogP contribution in [-0.2, 0) is 0 Å². The molecule has 2 aromatic rings. The van der Waals surface area contributed by atoms with E-state index in [0.717, 1.165) is 0 Å². The molecule has 8 heteroatoms. The van der Waals surface area contributed by atoms with Gasteiger partial charge in [0.25, 0.3) is 0 Å². The zero-order valence-corrected chi connectivity index (χ0v) is 11.2. The summed E-state index contributed by atoms with van der Waals surface area (Å²) in [6.45, 7) is 1.69. The second-order valence-corrected chi connectivity index (χ2v) is 4.35. The Balaban J connectivity index is 2.34. The molecule has 0 aliphatic carbocycles. The summed E-state index contributed by atoms with van der Waals surface area (Å²) in [6, 6.07) is 8.36. The van der Waals surface area contributed by atoms with Crippen LogP contribution in [0.5, 0.6) is 0 Å². The van der Waals surface area contributed by atoms with E-state index >= 15 is 0 Å². The third-order valence-corrected chi connectivity index (χ3v) is 2.94. The van der Waals surface area contributed by atoms with E-state index in [1.807, 2.05) is 0 Å². The third-order valence-electron chi connectivity index (χ3n) is 2.94. The average Bonchev–Trinajstić information content (AvgIpc) is 2.47. The number of pyridine rings is 1. The van der Waals surface area contributed by atoms with E-state index in [-0.39, 0.29) is 17.3 Å². The van der Waals surface area contributed by atoms with Crippen molar-refractivity contribution in [2.24, 2.45) is 5.84 Å². The minimum Gasteiger partial charge on any atom is -0.358 e. The van der Waals surface area contributed by atoms with E-state index < -0.39 is 16.8 Å². The average molecular weight is 291 g/mol. The molecule has 0 amide bonds. The summed E-state index contributed by atoms with van der Waals surface area (Å²) < 4.78 is 13.7. The number of hydrogen-bond acceptors (Lipinski definition) is 6. The number of nitrogens with two attached hydrogens (primary N) is 1. The Hall–Kier alpha value is -2.74. The van der Waals surface area contributed by atoms with E-state index in [4.69, 9.17) is 5.84 Å². The fraction of sp³-hybridized carbons (Fsp3) is 0.154. The largest absolute Gasteiger partial charge is 0.358 e. The number of hydrogen-bond donors (Lipinski definition) is 3. The second-order valence-electron chi connectivity index (χ2n) is 4.35. The Morgan fingerprint density at radius 2 is 2.05 bits per heavy atom. The van der Waals surface area contributed by atoms with Gasteiger partial charge in [0.05, 0.1) is 11.0 Å². The maximum atomic E-state index is 13.7. The molecule has 1 aromatic heterocycles. The SMILES string of the molecule is CC(Nc1nc(NN)ccc1[N+](=O)[O-])c1ccccc1F. The molecule has 0 saturated carbocycles. The lowest BCUT2D eigenvalue weighted by atomic mass is 10.1. The van der Waals surface area contributed by atoms with Crippen molar-refractivity contribution >= 4 is 17.3 Å². The summed E-state index contributed by atoms with van der Waals surface area (Å²) in [6.07, 6.45) is 0. The molecular weight excluding hydrogens is 277 g/mol. The third kappa shape index (κ3) is 3.23. The number of nitrogens with one attached hydrogen (secondary N) is 2. The number of rotatable bonds is 5. The number of anilines is 2. The maximum absolute atomic E-state index is 13.7. The Morgan fingerprint density at radius 3 is 2.67 bits per heavy atom. The highest BCUT2D eigenvalue weighted by atomic mass is 19.1. The van der Waals surface area contributed by atoms with E-state index in [0.29, 0.717) is 5.56 Å². The van der Waals surface area contributed by atoms with E-state index in [1.54, 1.807) is 25.1 Å². The van der Waals surface area contributed by atoms with Crippen molar-refractivity contribution in [3.63, 3.8) is 0 Å². The zero-order chi connectivity index (χ0) is 15.4. The van der Waals surface area contributed by atoms with Crippen LogP contribution in [0.25, 0.3) is 0 Å². The minimum absolute atomic E-state index is 0.0196. The monoisotopic (exact) mass is 291 g/mol. The van der Waals surface area contributed by atoms with Gasteiger partial charge in [0.2, 0.25) is 5.82 Å². The van der Waals surface area contributed by atoms with Crippen LogP contribution in [-0.4, -0.2) is 9.91 Å². The zero-order valence-electron chi connectivity index (χ0n) is 11.2. The van der Waals surface area contributed by atoms with Gasteiger partial charge in [-0.3, -0.25) is 10.1 Å². The first-order chi connectivity index (χ1) is 10.0. The molecule has 0 saturated heterocycles. The summed E-state index contributed by atoms with van der Waals surface area (Å²) in [4.78, 5) is 14.4. The lowest BCUT2D eigenvalue weighted by molar-refractivity contribution is -0.384. The van der Waals surface area contributed by atoms with Crippen LogP contribution in [0.15, 0.2) is 36.4 Å². The predicted octanol–water partition coefficient (Wildman–Crippen LogP) is 2.59. The molecule has 110 valence electrons. The molecule has 1 atom stereocenters. The van der Waals surface area contributed by atoms with Gasteiger partial charge in [-0.1, -0.05) is 18.2 Å². The van der Waals surface area contributed by atoms with Crippen molar-refractivity contribution < 1.29 is 9.31 Å². The van der Waals surface area contributed by atoms with Gasteiger partial charge in [-0.25, -0.2) is 15.2 Å². The molecule has 2 rings (SSSR count). The molecule has 4 N–H and O–H groups in total. The van der Waals surface area contributed by atoms with Gasteiger partial charge >= 0.3 is 5.69 Å². The molecule has 1 heterocycles. The highest BCUT2D eigenvalue weighted by molar-refractivity contribution is 5.60. The van der Waals surface area contributed by atoms with E-state index in [9.17, 15) is 14.5 Å². The normalized spacial score (nSPS) is 11.8.